The molecule has 118 valence electrons. The molecule has 0 amide bonds. The zero-order valence-corrected chi connectivity index (χ0v) is 12.2. The monoisotopic (exact) mass is 298 g/mol. The van der Waals surface area contributed by atoms with Gasteiger partial charge in [0.25, 0.3) is 0 Å². The van der Waals surface area contributed by atoms with Gasteiger partial charge < -0.3 is 24.1 Å². The minimum atomic E-state index is -0.991. The summed E-state index contributed by atoms with van der Waals surface area (Å²) in [5.74, 6) is -0.608. The predicted octanol–water partition coefficient (Wildman–Crippen LogP) is 1.83. The van der Waals surface area contributed by atoms with Crippen molar-refractivity contribution in [3.05, 3.63) is 29.8 Å². The normalized spacial score (nSPS) is 10.5. The number of benzene rings is 1. The molecule has 21 heavy (non-hydrogen) atoms. The number of hydrogen-bond donors (Lipinski definition) is 1. The van der Waals surface area contributed by atoms with Crippen LogP contribution in [0.4, 0.5) is 0 Å². The Kier molecular flexibility index (Phi) is 9.19. The fraction of sp³-hybridized carbons (Fsp3) is 0.533. The highest BCUT2D eigenvalue weighted by molar-refractivity contribution is 5.90. The summed E-state index contributed by atoms with van der Waals surface area (Å²) in [6.07, 6.45) is 0.687. The van der Waals surface area contributed by atoms with Gasteiger partial charge in [0.15, 0.2) is 0 Å². The Balaban J connectivity index is 2.06. The van der Waals surface area contributed by atoms with E-state index in [-0.39, 0.29) is 5.56 Å². The van der Waals surface area contributed by atoms with E-state index in [1.165, 1.54) is 6.07 Å². The van der Waals surface area contributed by atoms with E-state index in [2.05, 4.69) is 0 Å². The molecule has 0 aliphatic carbocycles. The maximum Gasteiger partial charge on any atom is 0.339 e. The molecule has 0 saturated heterocycles. The van der Waals surface area contributed by atoms with E-state index in [4.69, 9.17) is 24.1 Å². The second kappa shape index (κ2) is 11.1. The van der Waals surface area contributed by atoms with E-state index in [9.17, 15) is 4.79 Å². The van der Waals surface area contributed by atoms with Crippen molar-refractivity contribution in [2.45, 2.75) is 6.42 Å². The van der Waals surface area contributed by atoms with Crippen LogP contribution in [0, 0.1) is 0 Å². The summed E-state index contributed by atoms with van der Waals surface area (Å²) in [7, 11) is 1.63. The molecule has 1 N–H and O–H groups in total. The summed E-state index contributed by atoms with van der Waals surface area (Å²) in [5.41, 5.74) is 0.171. The predicted molar refractivity (Wildman–Crippen MR) is 77.0 cm³/mol. The first kappa shape index (κ1) is 17.4. The number of para-hydroxylation sites is 1. The number of rotatable bonds is 12. The molecule has 0 aliphatic heterocycles. The van der Waals surface area contributed by atoms with Crippen molar-refractivity contribution in [2.75, 3.05) is 46.8 Å². The van der Waals surface area contributed by atoms with Gasteiger partial charge >= 0.3 is 5.97 Å². The fourth-order valence-corrected chi connectivity index (χ4v) is 1.58. The van der Waals surface area contributed by atoms with Crippen molar-refractivity contribution >= 4 is 5.97 Å². The first-order valence-corrected chi connectivity index (χ1v) is 6.85. The van der Waals surface area contributed by atoms with Crippen LogP contribution in [0.25, 0.3) is 0 Å². The molecule has 0 aliphatic rings. The molecule has 0 fully saturated rings. The number of ether oxygens (including phenoxy) is 4. The van der Waals surface area contributed by atoms with Crippen LogP contribution < -0.4 is 4.74 Å². The highest BCUT2D eigenvalue weighted by Crippen LogP contribution is 2.17. The average Bonchev–Trinajstić information content (AvgIpc) is 2.49. The Morgan fingerprint density at radius 2 is 1.67 bits per heavy atom. The summed E-state index contributed by atoms with van der Waals surface area (Å²) in [6.45, 7) is 3.16. The lowest BCUT2D eigenvalue weighted by Gasteiger charge is -2.09. The molecule has 1 aromatic rings. The van der Waals surface area contributed by atoms with Gasteiger partial charge in [-0.15, -0.1) is 0 Å². The van der Waals surface area contributed by atoms with Crippen LogP contribution in [0.5, 0.6) is 5.75 Å². The number of hydrogen-bond acceptors (Lipinski definition) is 5. The second-order valence-electron chi connectivity index (χ2n) is 4.22. The molecule has 0 saturated carbocycles. The third-order valence-electron chi connectivity index (χ3n) is 2.61. The number of carboxylic acids is 1. The molecule has 0 atom stereocenters. The smallest absolute Gasteiger partial charge is 0.339 e. The Morgan fingerprint density at radius 1 is 1.00 bits per heavy atom. The summed E-state index contributed by atoms with van der Waals surface area (Å²) < 4.78 is 20.9. The minimum Gasteiger partial charge on any atom is -0.493 e. The highest BCUT2D eigenvalue weighted by atomic mass is 16.5. The lowest BCUT2D eigenvalue weighted by molar-refractivity contribution is 0.0224. The van der Waals surface area contributed by atoms with Crippen molar-refractivity contribution in [3.8, 4) is 5.75 Å². The van der Waals surface area contributed by atoms with Crippen molar-refractivity contribution in [1.29, 1.82) is 0 Å². The Labute approximate surface area is 124 Å². The second-order valence-corrected chi connectivity index (χ2v) is 4.22. The Bertz CT molecular complexity index is 407. The molecule has 1 rings (SSSR count). The number of aromatic carboxylic acids is 1. The average molecular weight is 298 g/mol. The SMILES string of the molecule is COCCOCCOCCCOc1ccccc1C(=O)O. The summed E-state index contributed by atoms with van der Waals surface area (Å²) >= 11 is 0. The Hall–Kier alpha value is -1.63. The lowest BCUT2D eigenvalue weighted by Crippen LogP contribution is -2.10. The first-order valence-electron chi connectivity index (χ1n) is 6.85. The van der Waals surface area contributed by atoms with Crippen molar-refractivity contribution < 1.29 is 28.8 Å². The zero-order valence-electron chi connectivity index (χ0n) is 12.2. The standard InChI is InChI=1S/C15H22O6/c1-18-9-10-20-12-11-19-7-4-8-21-14-6-3-2-5-13(14)15(16)17/h2-3,5-6H,4,7-12H2,1H3,(H,16,17). The molecule has 6 heteroatoms. The maximum atomic E-state index is 11.0. The van der Waals surface area contributed by atoms with E-state index in [0.29, 0.717) is 51.8 Å². The van der Waals surface area contributed by atoms with Crippen LogP contribution in [0.15, 0.2) is 24.3 Å². The Morgan fingerprint density at radius 3 is 2.38 bits per heavy atom. The van der Waals surface area contributed by atoms with Crippen LogP contribution in [0.2, 0.25) is 0 Å². The van der Waals surface area contributed by atoms with Gasteiger partial charge in [-0.25, -0.2) is 4.79 Å². The number of carbonyl (C=O) groups is 1. The largest absolute Gasteiger partial charge is 0.493 e. The molecule has 0 unspecified atom stereocenters. The maximum absolute atomic E-state index is 11.0. The van der Waals surface area contributed by atoms with Gasteiger partial charge in [0, 0.05) is 20.1 Å². The molecule has 6 nitrogen and oxygen atoms in total. The van der Waals surface area contributed by atoms with E-state index < -0.39 is 5.97 Å². The van der Waals surface area contributed by atoms with Crippen LogP contribution in [0.1, 0.15) is 16.8 Å². The molecule has 0 radical (unpaired) electrons. The summed E-state index contributed by atoms with van der Waals surface area (Å²) in [4.78, 5) is 11.0. The van der Waals surface area contributed by atoms with E-state index in [0.717, 1.165) is 0 Å². The quantitative estimate of drug-likeness (QED) is 0.593. The molecular weight excluding hydrogens is 276 g/mol. The van der Waals surface area contributed by atoms with Crippen molar-refractivity contribution in [1.82, 2.24) is 0 Å². The summed E-state index contributed by atoms with van der Waals surface area (Å²) in [5, 5.41) is 9.00. The van der Waals surface area contributed by atoms with E-state index in [1.807, 2.05) is 0 Å². The van der Waals surface area contributed by atoms with E-state index in [1.54, 1.807) is 25.3 Å². The van der Waals surface area contributed by atoms with E-state index >= 15 is 0 Å². The number of carboxylic acid groups (broad SMARTS) is 1. The van der Waals surface area contributed by atoms with Gasteiger partial charge in [0.05, 0.1) is 33.0 Å². The summed E-state index contributed by atoms with van der Waals surface area (Å²) in [6, 6.07) is 6.58. The topological polar surface area (TPSA) is 74.2 Å². The van der Waals surface area contributed by atoms with Gasteiger partial charge in [-0.3, -0.25) is 0 Å². The van der Waals surface area contributed by atoms with Gasteiger partial charge in [-0.05, 0) is 12.1 Å². The zero-order chi connectivity index (χ0) is 15.3. The van der Waals surface area contributed by atoms with Gasteiger partial charge in [0.2, 0.25) is 0 Å². The lowest BCUT2D eigenvalue weighted by atomic mass is 10.2. The molecule has 0 bridgehead atoms. The molecule has 0 heterocycles. The van der Waals surface area contributed by atoms with Crippen molar-refractivity contribution in [3.63, 3.8) is 0 Å². The van der Waals surface area contributed by atoms with Gasteiger partial charge in [-0.2, -0.15) is 0 Å². The van der Waals surface area contributed by atoms with Crippen LogP contribution in [-0.2, 0) is 14.2 Å². The molecular formula is C15H22O6. The third-order valence-corrected chi connectivity index (χ3v) is 2.61. The first-order chi connectivity index (χ1) is 10.3. The van der Waals surface area contributed by atoms with Crippen LogP contribution >= 0.6 is 0 Å². The third kappa shape index (κ3) is 7.65. The molecule has 0 spiro atoms. The van der Waals surface area contributed by atoms with Crippen molar-refractivity contribution in [2.24, 2.45) is 0 Å². The minimum absolute atomic E-state index is 0.171. The van der Waals surface area contributed by atoms with Gasteiger partial charge in [-0.1, -0.05) is 12.1 Å². The molecule has 0 aromatic heterocycles. The molecule has 1 aromatic carbocycles. The fourth-order valence-electron chi connectivity index (χ4n) is 1.58. The highest BCUT2D eigenvalue weighted by Gasteiger charge is 2.09. The van der Waals surface area contributed by atoms with Crippen LogP contribution in [-0.4, -0.2) is 57.8 Å². The number of methoxy groups -OCH3 is 1. The van der Waals surface area contributed by atoms with Gasteiger partial charge in [0.1, 0.15) is 11.3 Å². The van der Waals surface area contributed by atoms with Crippen LogP contribution in [0.3, 0.4) is 0 Å².